The van der Waals surface area contributed by atoms with E-state index in [-0.39, 0.29) is 17.9 Å². The van der Waals surface area contributed by atoms with Gasteiger partial charge in [-0.05, 0) is 58.3 Å². The van der Waals surface area contributed by atoms with Crippen molar-refractivity contribution in [3.8, 4) is 0 Å². The van der Waals surface area contributed by atoms with Gasteiger partial charge in [0.1, 0.15) is 5.00 Å². The smallest absolute Gasteiger partial charge is 0.324 e. The summed E-state index contributed by atoms with van der Waals surface area (Å²) >= 11 is 1.61. The summed E-state index contributed by atoms with van der Waals surface area (Å²) in [5.74, 6) is 0.108. The highest BCUT2D eigenvalue weighted by Gasteiger charge is 2.43. The number of hydrogen-bond acceptors (Lipinski definition) is 7. The van der Waals surface area contributed by atoms with Crippen molar-refractivity contribution in [3.63, 3.8) is 0 Å². The molecule has 1 aromatic heterocycles. The second-order valence-corrected chi connectivity index (χ2v) is 9.79. The Hall–Kier alpha value is -1.84. The number of imide groups is 1. The fraction of sp³-hybridized carbons (Fsp3) is 0.714. The van der Waals surface area contributed by atoms with E-state index in [1.54, 1.807) is 11.3 Å². The van der Waals surface area contributed by atoms with Crippen LogP contribution in [0.15, 0.2) is 0 Å². The van der Waals surface area contributed by atoms with Gasteiger partial charge in [-0.1, -0.05) is 6.92 Å². The standard InChI is InChI=1S/C21H36N6O2S/c1-5-26-12-14(20(28)27(6-2)21(29)24-7-8-25(3)4)9-13-10-15-17(11-16(13)26)30-19(23)18(15)22/h13-14,16H,5-12,22-23H2,1-4H3,(H,24,29)/t13-,14-,16-/m1/s1. The molecular formula is C21H36N6O2S. The van der Waals surface area contributed by atoms with Gasteiger partial charge in [-0.25, -0.2) is 4.79 Å². The first-order valence-corrected chi connectivity index (χ1v) is 11.7. The zero-order valence-corrected chi connectivity index (χ0v) is 19.4. The number of piperidine rings is 1. The lowest BCUT2D eigenvalue weighted by Crippen LogP contribution is -2.56. The van der Waals surface area contributed by atoms with Crippen molar-refractivity contribution < 1.29 is 9.59 Å². The van der Waals surface area contributed by atoms with E-state index in [0.29, 0.717) is 36.6 Å². The lowest BCUT2D eigenvalue weighted by atomic mass is 9.74. The Labute approximate surface area is 183 Å². The van der Waals surface area contributed by atoms with E-state index in [4.69, 9.17) is 11.5 Å². The number of nitrogens with two attached hydrogens (primary N) is 2. The lowest BCUT2D eigenvalue weighted by Gasteiger charge is -2.46. The number of fused-ring (bicyclic) bond motifs is 2. The quantitative estimate of drug-likeness (QED) is 0.623. The first kappa shape index (κ1) is 22.8. The molecule has 3 atom stereocenters. The number of urea groups is 1. The molecule has 168 valence electrons. The Balaban J connectivity index is 1.71. The molecule has 3 amide bonds. The molecule has 2 aliphatic rings. The highest BCUT2D eigenvalue weighted by molar-refractivity contribution is 7.16. The van der Waals surface area contributed by atoms with Gasteiger partial charge in [-0.2, -0.15) is 0 Å². The van der Waals surface area contributed by atoms with Crippen LogP contribution in [0.3, 0.4) is 0 Å². The number of likely N-dealkylation sites (N-methyl/N-ethyl adjacent to an activating group) is 2. The maximum absolute atomic E-state index is 13.3. The zero-order chi connectivity index (χ0) is 22.0. The van der Waals surface area contributed by atoms with E-state index < -0.39 is 0 Å². The molecule has 0 bridgehead atoms. The molecule has 3 rings (SSSR count). The summed E-state index contributed by atoms with van der Waals surface area (Å²) in [4.78, 5) is 33.0. The number of rotatable bonds is 6. The van der Waals surface area contributed by atoms with E-state index >= 15 is 0 Å². The summed E-state index contributed by atoms with van der Waals surface area (Å²) in [5.41, 5.74) is 14.2. The molecule has 1 saturated heterocycles. The Kier molecular flexibility index (Phi) is 7.26. The van der Waals surface area contributed by atoms with Gasteiger partial charge in [-0.15, -0.1) is 11.3 Å². The zero-order valence-electron chi connectivity index (χ0n) is 18.6. The minimum atomic E-state index is -0.296. The Morgan fingerprint density at radius 3 is 2.60 bits per heavy atom. The Morgan fingerprint density at radius 2 is 1.97 bits per heavy atom. The number of thiophene rings is 1. The molecule has 8 nitrogen and oxygen atoms in total. The topological polar surface area (TPSA) is 108 Å². The van der Waals surface area contributed by atoms with Crippen LogP contribution in [0, 0.1) is 11.8 Å². The van der Waals surface area contributed by atoms with E-state index in [1.807, 2.05) is 25.9 Å². The molecule has 0 saturated carbocycles. The molecule has 2 heterocycles. The van der Waals surface area contributed by atoms with Crippen LogP contribution >= 0.6 is 11.3 Å². The normalized spacial score (nSPS) is 23.7. The van der Waals surface area contributed by atoms with Crippen molar-refractivity contribution in [2.75, 3.05) is 58.3 Å². The van der Waals surface area contributed by atoms with Crippen LogP contribution in [0.5, 0.6) is 0 Å². The van der Waals surface area contributed by atoms with Crippen LogP contribution in [0.2, 0.25) is 0 Å². The SMILES string of the molecule is CCN(C(=O)NCCN(C)C)C(=O)[C@@H]1C[C@@H]2Cc3c(sc(N)c3N)C[C@H]2N(CC)C1. The average molecular weight is 437 g/mol. The van der Waals surface area contributed by atoms with Crippen molar-refractivity contribution in [2.45, 2.75) is 39.2 Å². The van der Waals surface area contributed by atoms with Crippen LogP contribution in [-0.4, -0.2) is 79.5 Å². The maximum Gasteiger partial charge on any atom is 0.324 e. The fourth-order valence-corrected chi connectivity index (χ4v) is 5.93. The van der Waals surface area contributed by atoms with Crippen molar-refractivity contribution in [3.05, 3.63) is 10.4 Å². The van der Waals surface area contributed by atoms with Gasteiger partial charge in [0.2, 0.25) is 5.91 Å². The first-order chi connectivity index (χ1) is 14.3. The minimum Gasteiger partial charge on any atom is -0.396 e. The fourth-order valence-electron chi connectivity index (χ4n) is 4.86. The summed E-state index contributed by atoms with van der Waals surface area (Å²) in [6.07, 6.45) is 2.60. The van der Waals surface area contributed by atoms with Crippen molar-refractivity contribution in [1.29, 1.82) is 0 Å². The third-order valence-electron chi connectivity index (χ3n) is 6.49. The van der Waals surface area contributed by atoms with Gasteiger partial charge < -0.3 is 21.7 Å². The van der Waals surface area contributed by atoms with E-state index in [0.717, 1.165) is 38.0 Å². The van der Waals surface area contributed by atoms with Crippen molar-refractivity contribution >= 4 is 34.0 Å². The van der Waals surface area contributed by atoms with Gasteiger partial charge in [-0.3, -0.25) is 14.6 Å². The molecular weight excluding hydrogens is 400 g/mol. The number of hydrogen-bond donors (Lipinski definition) is 3. The Morgan fingerprint density at radius 1 is 1.23 bits per heavy atom. The van der Waals surface area contributed by atoms with Gasteiger partial charge in [0.05, 0.1) is 11.6 Å². The number of anilines is 2. The van der Waals surface area contributed by atoms with Crippen LogP contribution < -0.4 is 16.8 Å². The van der Waals surface area contributed by atoms with Gasteiger partial charge in [0.25, 0.3) is 0 Å². The lowest BCUT2D eigenvalue weighted by molar-refractivity contribution is -0.136. The molecule has 1 fully saturated rings. The number of nitrogens with one attached hydrogen (secondary N) is 1. The minimum absolute atomic E-state index is 0.0691. The molecule has 9 heteroatoms. The average Bonchev–Trinajstić information content (AvgIpc) is 2.98. The molecule has 1 aromatic rings. The summed E-state index contributed by atoms with van der Waals surface area (Å²) in [5, 5.41) is 3.58. The van der Waals surface area contributed by atoms with Crippen molar-refractivity contribution in [1.82, 2.24) is 20.0 Å². The summed E-state index contributed by atoms with van der Waals surface area (Å²) in [6.45, 7) is 7.22. The van der Waals surface area contributed by atoms with Crippen molar-refractivity contribution in [2.24, 2.45) is 11.8 Å². The molecule has 1 aliphatic carbocycles. The predicted octanol–water partition coefficient (Wildman–Crippen LogP) is 1.46. The second-order valence-electron chi connectivity index (χ2n) is 8.66. The summed E-state index contributed by atoms with van der Waals surface area (Å²) in [7, 11) is 3.91. The maximum atomic E-state index is 13.3. The molecule has 5 N–H and O–H groups in total. The van der Waals surface area contributed by atoms with Gasteiger partial charge in [0.15, 0.2) is 0 Å². The largest absolute Gasteiger partial charge is 0.396 e. The molecule has 1 aliphatic heterocycles. The Bertz CT molecular complexity index is 780. The van der Waals surface area contributed by atoms with Crippen LogP contribution in [0.25, 0.3) is 0 Å². The summed E-state index contributed by atoms with van der Waals surface area (Å²) < 4.78 is 0. The molecule has 0 radical (unpaired) electrons. The number of carbonyl (C=O) groups is 2. The monoisotopic (exact) mass is 436 g/mol. The third kappa shape index (κ3) is 4.58. The number of likely N-dealkylation sites (tertiary alicyclic amines) is 1. The van der Waals surface area contributed by atoms with Crippen LogP contribution in [0.1, 0.15) is 30.7 Å². The number of nitrogen functional groups attached to an aromatic ring is 2. The molecule has 0 aromatic carbocycles. The second kappa shape index (κ2) is 9.53. The van der Waals surface area contributed by atoms with E-state index in [2.05, 4.69) is 17.1 Å². The highest BCUT2D eigenvalue weighted by Crippen LogP contribution is 2.44. The van der Waals surface area contributed by atoms with E-state index in [9.17, 15) is 9.59 Å². The van der Waals surface area contributed by atoms with Crippen LogP contribution in [-0.2, 0) is 17.6 Å². The summed E-state index contributed by atoms with van der Waals surface area (Å²) in [6, 6.07) is 0.114. The van der Waals surface area contributed by atoms with Gasteiger partial charge >= 0.3 is 6.03 Å². The van der Waals surface area contributed by atoms with Crippen LogP contribution in [0.4, 0.5) is 15.5 Å². The number of carbonyl (C=O) groups excluding carboxylic acids is 2. The first-order valence-electron chi connectivity index (χ1n) is 10.9. The third-order valence-corrected chi connectivity index (χ3v) is 7.59. The van der Waals surface area contributed by atoms with Gasteiger partial charge in [0, 0.05) is 37.1 Å². The predicted molar refractivity (Wildman–Crippen MR) is 123 cm³/mol. The molecule has 0 unspecified atom stereocenters. The highest BCUT2D eigenvalue weighted by atomic mass is 32.1. The number of nitrogens with zero attached hydrogens (tertiary/aromatic N) is 3. The van der Waals surface area contributed by atoms with E-state index in [1.165, 1.54) is 15.3 Å². The molecule has 0 spiro atoms. The molecule has 30 heavy (non-hydrogen) atoms. The number of amides is 3.